The number of nitrogens with zero attached hydrogens (tertiary/aromatic N) is 3. The molecule has 0 saturated carbocycles. The molecule has 0 spiro atoms. The lowest BCUT2D eigenvalue weighted by Gasteiger charge is -2.45. The minimum absolute atomic E-state index is 0.222. The molecule has 6 nitrogen and oxygen atoms in total. The zero-order valence-corrected chi connectivity index (χ0v) is 17.2. The van der Waals surface area contributed by atoms with E-state index in [-0.39, 0.29) is 5.91 Å². The highest BCUT2D eigenvalue weighted by Crippen LogP contribution is 2.31. The molecule has 2 atom stereocenters. The fourth-order valence-corrected chi connectivity index (χ4v) is 4.84. The topological polar surface area (TPSA) is 58.8 Å². The van der Waals surface area contributed by atoms with Crippen molar-refractivity contribution in [2.75, 3.05) is 39.9 Å². The maximum Gasteiger partial charge on any atom is 0.222 e. The zero-order valence-electron chi connectivity index (χ0n) is 17.2. The molecule has 1 amide bonds. The van der Waals surface area contributed by atoms with Gasteiger partial charge in [-0.05, 0) is 65.0 Å². The van der Waals surface area contributed by atoms with Crippen molar-refractivity contribution >= 4 is 5.91 Å². The summed E-state index contributed by atoms with van der Waals surface area (Å²) in [5.41, 5.74) is 1.97. The SMILES string of the molecule is COCCN(C[C@@H]1CCCN2CCCC[C@H]12)C(=O)CCc1c(C)noc1C. The molecular formula is C21H35N3O3. The minimum Gasteiger partial charge on any atom is -0.383 e. The Morgan fingerprint density at radius 1 is 1.26 bits per heavy atom. The number of aromatic nitrogens is 1. The van der Waals surface area contributed by atoms with Crippen molar-refractivity contribution in [2.45, 2.75) is 64.8 Å². The van der Waals surface area contributed by atoms with E-state index in [1.807, 2.05) is 18.7 Å². The van der Waals surface area contributed by atoms with E-state index in [1.165, 1.54) is 45.2 Å². The molecule has 0 radical (unpaired) electrons. The number of methoxy groups -OCH3 is 1. The molecule has 0 aromatic carbocycles. The number of amides is 1. The minimum atomic E-state index is 0.222. The first kappa shape index (κ1) is 20.3. The van der Waals surface area contributed by atoms with Crippen LogP contribution in [0.5, 0.6) is 0 Å². The quantitative estimate of drug-likeness (QED) is 0.697. The Labute approximate surface area is 163 Å². The van der Waals surface area contributed by atoms with Crippen LogP contribution in [0.1, 0.15) is 55.5 Å². The molecule has 152 valence electrons. The Hall–Kier alpha value is -1.40. The average molecular weight is 378 g/mol. The summed E-state index contributed by atoms with van der Waals surface area (Å²) in [5, 5.41) is 4.00. The number of rotatable bonds is 8. The lowest BCUT2D eigenvalue weighted by Crippen LogP contribution is -2.52. The van der Waals surface area contributed by atoms with Crippen LogP contribution in [0.25, 0.3) is 0 Å². The van der Waals surface area contributed by atoms with Gasteiger partial charge >= 0.3 is 0 Å². The van der Waals surface area contributed by atoms with Crippen molar-refractivity contribution in [1.82, 2.24) is 15.0 Å². The number of ether oxygens (including phenoxy) is 1. The fraction of sp³-hybridized carbons (Fsp3) is 0.810. The van der Waals surface area contributed by atoms with Gasteiger partial charge in [0.2, 0.25) is 5.91 Å². The summed E-state index contributed by atoms with van der Waals surface area (Å²) in [6, 6.07) is 0.660. The number of fused-ring (bicyclic) bond motifs is 1. The molecule has 3 heterocycles. The van der Waals surface area contributed by atoms with E-state index in [1.54, 1.807) is 7.11 Å². The second-order valence-corrected chi connectivity index (χ2v) is 8.14. The van der Waals surface area contributed by atoms with Gasteiger partial charge in [-0.1, -0.05) is 11.6 Å². The summed E-state index contributed by atoms with van der Waals surface area (Å²) in [6.07, 6.45) is 7.64. The molecule has 2 aliphatic rings. The Morgan fingerprint density at radius 2 is 2.07 bits per heavy atom. The Kier molecular flexibility index (Phi) is 7.30. The van der Waals surface area contributed by atoms with Gasteiger partial charge in [0.1, 0.15) is 5.76 Å². The van der Waals surface area contributed by atoms with Crippen LogP contribution >= 0.6 is 0 Å². The first-order valence-electron chi connectivity index (χ1n) is 10.5. The second kappa shape index (κ2) is 9.69. The van der Waals surface area contributed by atoms with Gasteiger partial charge < -0.3 is 19.1 Å². The van der Waals surface area contributed by atoms with Crippen LogP contribution < -0.4 is 0 Å². The molecule has 27 heavy (non-hydrogen) atoms. The normalized spacial score (nSPS) is 23.2. The predicted octanol–water partition coefficient (Wildman–Crippen LogP) is 2.96. The van der Waals surface area contributed by atoms with E-state index in [2.05, 4.69) is 10.1 Å². The van der Waals surface area contributed by atoms with Gasteiger partial charge in [-0.15, -0.1) is 0 Å². The van der Waals surface area contributed by atoms with Crippen LogP contribution in [0.4, 0.5) is 0 Å². The van der Waals surface area contributed by atoms with E-state index in [0.29, 0.717) is 38.0 Å². The highest BCUT2D eigenvalue weighted by atomic mass is 16.5. The van der Waals surface area contributed by atoms with Crippen molar-refractivity contribution in [1.29, 1.82) is 0 Å². The van der Waals surface area contributed by atoms with E-state index in [4.69, 9.17) is 9.26 Å². The van der Waals surface area contributed by atoms with Crippen molar-refractivity contribution in [3.8, 4) is 0 Å². The Balaban J connectivity index is 1.61. The molecule has 0 aliphatic carbocycles. The van der Waals surface area contributed by atoms with Crippen LogP contribution in [-0.4, -0.2) is 66.8 Å². The molecule has 6 heteroatoms. The summed E-state index contributed by atoms with van der Waals surface area (Å²) in [4.78, 5) is 17.7. The molecule has 0 unspecified atom stereocenters. The number of piperidine rings is 2. The van der Waals surface area contributed by atoms with Crippen LogP contribution in [-0.2, 0) is 16.0 Å². The number of hydrogen-bond donors (Lipinski definition) is 0. The first-order valence-corrected chi connectivity index (χ1v) is 10.5. The fourth-order valence-electron chi connectivity index (χ4n) is 4.84. The van der Waals surface area contributed by atoms with Gasteiger partial charge in [0.05, 0.1) is 12.3 Å². The van der Waals surface area contributed by atoms with Gasteiger partial charge in [-0.25, -0.2) is 0 Å². The van der Waals surface area contributed by atoms with Gasteiger partial charge in [-0.2, -0.15) is 0 Å². The standard InChI is InChI=1S/C21H35N3O3/c1-16-19(17(2)27-22-16)9-10-21(25)24(13-14-26-3)15-18-7-6-12-23-11-5-4-8-20(18)23/h18,20H,4-15H2,1-3H3/t18-,20+/m0/s1. The van der Waals surface area contributed by atoms with E-state index in [9.17, 15) is 4.79 Å². The molecule has 0 bridgehead atoms. The van der Waals surface area contributed by atoms with Gasteiger partial charge in [-0.3, -0.25) is 4.79 Å². The molecular weight excluding hydrogens is 342 g/mol. The van der Waals surface area contributed by atoms with Crippen molar-refractivity contribution in [2.24, 2.45) is 5.92 Å². The smallest absolute Gasteiger partial charge is 0.222 e. The maximum atomic E-state index is 13.0. The Bertz CT molecular complexity index is 594. The second-order valence-electron chi connectivity index (χ2n) is 8.14. The predicted molar refractivity (Wildman–Crippen MR) is 105 cm³/mol. The Morgan fingerprint density at radius 3 is 2.81 bits per heavy atom. The van der Waals surface area contributed by atoms with E-state index in [0.717, 1.165) is 23.6 Å². The monoisotopic (exact) mass is 377 g/mol. The third-order valence-electron chi connectivity index (χ3n) is 6.37. The lowest BCUT2D eigenvalue weighted by molar-refractivity contribution is -0.133. The summed E-state index contributed by atoms with van der Waals surface area (Å²) in [6.45, 7) is 8.47. The molecule has 3 rings (SSSR count). The van der Waals surface area contributed by atoms with Crippen LogP contribution in [0.3, 0.4) is 0 Å². The summed E-state index contributed by atoms with van der Waals surface area (Å²) >= 11 is 0. The van der Waals surface area contributed by atoms with Crippen LogP contribution in [0, 0.1) is 19.8 Å². The number of carbonyl (C=O) groups is 1. The van der Waals surface area contributed by atoms with Crippen molar-refractivity contribution < 1.29 is 14.1 Å². The van der Waals surface area contributed by atoms with E-state index < -0.39 is 0 Å². The number of aryl methyl sites for hydroxylation is 2. The van der Waals surface area contributed by atoms with Gasteiger partial charge in [0.15, 0.2) is 0 Å². The highest BCUT2D eigenvalue weighted by Gasteiger charge is 2.34. The van der Waals surface area contributed by atoms with Crippen LogP contribution in [0.2, 0.25) is 0 Å². The third-order valence-corrected chi connectivity index (χ3v) is 6.37. The molecule has 0 N–H and O–H groups in total. The molecule has 1 aromatic rings. The van der Waals surface area contributed by atoms with Gasteiger partial charge in [0.25, 0.3) is 0 Å². The molecule has 2 fully saturated rings. The number of carbonyl (C=O) groups excluding carboxylic acids is 1. The van der Waals surface area contributed by atoms with E-state index >= 15 is 0 Å². The summed E-state index contributed by atoms with van der Waals surface area (Å²) in [7, 11) is 1.70. The zero-order chi connectivity index (χ0) is 19.2. The molecule has 2 saturated heterocycles. The number of hydrogen-bond acceptors (Lipinski definition) is 5. The van der Waals surface area contributed by atoms with Crippen molar-refractivity contribution in [3.05, 3.63) is 17.0 Å². The third kappa shape index (κ3) is 5.11. The largest absolute Gasteiger partial charge is 0.383 e. The first-order chi connectivity index (χ1) is 13.1. The average Bonchev–Trinajstić information content (AvgIpc) is 3.01. The molecule has 1 aromatic heterocycles. The van der Waals surface area contributed by atoms with Gasteiger partial charge in [0, 0.05) is 38.2 Å². The summed E-state index contributed by atoms with van der Waals surface area (Å²) in [5.74, 6) is 1.65. The summed E-state index contributed by atoms with van der Waals surface area (Å²) < 4.78 is 10.5. The molecule has 2 aliphatic heterocycles. The van der Waals surface area contributed by atoms with Crippen LogP contribution in [0.15, 0.2) is 4.52 Å². The van der Waals surface area contributed by atoms with Crippen molar-refractivity contribution in [3.63, 3.8) is 0 Å². The lowest BCUT2D eigenvalue weighted by atomic mass is 9.83. The highest BCUT2D eigenvalue weighted by molar-refractivity contribution is 5.76. The maximum absolute atomic E-state index is 13.0.